The van der Waals surface area contributed by atoms with E-state index in [2.05, 4.69) is 0 Å². The molecule has 0 bridgehead atoms. The van der Waals surface area contributed by atoms with Crippen LogP contribution in [-0.4, -0.2) is 17.2 Å². The molecular formula is C19H23O6P. The summed E-state index contributed by atoms with van der Waals surface area (Å²) in [5, 5.41) is 9.32. The van der Waals surface area contributed by atoms with Crippen LogP contribution < -0.4 is 0 Å². The molecular weight excluding hydrogens is 355 g/mol. The standard InChI is InChI=1S/C19H23O6P/c1-15(2)18(19(20)21)25-26(22,23-13-16-9-5-3-6-10-16)24-14-17-11-7-4-8-12-17/h3-12,15,18H,13-14H2,1-2H3,(H,20,21). The Balaban J connectivity index is 2.12. The largest absolute Gasteiger partial charge is 0.479 e. The Morgan fingerprint density at radius 1 is 0.923 bits per heavy atom. The number of phosphoric ester groups is 1. The number of hydrogen-bond acceptors (Lipinski definition) is 5. The summed E-state index contributed by atoms with van der Waals surface area (Å²) in [7, 11) is -4.09. The fraction of sp³-hybridized carbons (Fsp3) is 0.316. The summed E-state index contributed by atoms with van der Waals surface area (Å²) in [5.41, 5.74) is 1.55. The van der Waals surface area contributed by atoms with Gasteiger partial charge < -0.3 is 5.11 Å². The van der Waals surface area contributed by atoms with Crippen molar-refractivity contribution in [1.82, 2.24) is 0 Å². The summed E-state index contributed by atoms with van der Waals surface area (Å²) >= 11 is 0. The molecule has 0 spiro atoms. The lowest BCUT2D eigenvalue weighted by Crippen LogP contribution is -2.29. The van der Waals surface area contributed by atoms with Crippen LogP contribution in [0, 0.1) is 5.92 Å². The first-order valence-corrected chi connectivity index (χ1v) is 9.74. The van der Waals surface area contributed by atoms with E-state index in [1.165, 1.54) is 0 Å². The van der Waals surface area contributed by atoms with E-state index in [0.717, 1.165) is 11.1 Å². The molecule has 1 unspecified atom stereocenters. The van der Waals surface area contributed by atoms with Gasteiger partial charge >= 0.3 is 13.8 Å². The van der Waals surface area contributed by atoms with Gasteiger partial charge in [-0.1, -0.05) is 74.5 Å². The molecule has 0 aliphatic heterocycles. The van der Waals surface area contributed by atoms with Crippen molar-refractivity contribution in [2.75, 3.05) is 0 Å². The third-order valence-electron chi connectivity index (χ3n) is 3.56. The third-order valence-corrected chi connectivity index (χ3v) is 4.93. The molecule has 2 aromatic rings. The van der Waals surface area contributed by atoms with Gasteiger partial charge in [0, 0.05) is 0 Å². The Morgan fingerprint density at radius 2 is 1.35 bits per heavy atom. The smallest absolute Gasteiger partial charge is 0.476 e. The Labute approximate surface area is 153 Å². The fourth-order valence-corrected chi connectivity index (χ4v) is 3.57. The molecule has 0 aliphatic carbocycles. The van der Waals surface area contributed by atoms with Crippen LogP contribution in [0.5, 0.6) is 0 Å². The average molecular weight is 378 g/mol. The molecule has 26 heavy (non-hydrogen) atoms. The summed E-state index contributed by atoms with van der Waals surface area (Å²) in [6.07, 6.45) is -1.30. The summed E-state index contributed by atoms with van der Waals surface area (Å²) in [5.74, 6) is -1.62. The molecule has 2 aromatic carbocycles. The minimum atomic E-state index is -4.09. The van der Waals surface area contributed by atoms with Gasteiger partial charge in [-0.3, -0.25) is 13.6 Å². The van der Waals surface area contributed by atoms with Crippen molar-refractivity contribution < 1.29 is 28.0 Å². The van der Waals surface area contributed by atoms with Crippen LogP contribution >= 0.6 is 7.82 Å². The summed E-state index contributed by atoms with van der Waals surface area (Å²) in [6.45, 7) is 3.30. The maximum Gasteiger partial charge on any atom is 0.476 e. The minimum Gasteiger partial charge on any atom is -0.479 e. The second-order valence-electron chi connectivity index (χ2n) is 6.07. The first-order valence-electron chi connectivity index (χ1n) is 8.28. The van der Waals surface area contributed by atoms with Gasteiger partial charge in [-0.25, -0.2) is 9.36 Å². The molecule has 7 heteroatoms. The zero-order valence-electron chi connectivity index (χ0n) is 14.8. The molecule has 6 nitrogen and oxygen atoms in total. The number of rotatable bonds is 10. The van der Waals surface area contributed by atoms with Gasteiger partial charge in [-0.05, 0) is 17.0 Å². The zero-order chi connectivity index (χ0) is 19.0. The maximum absolute atomic E-state index is 13.0. The highest BCUT2D eigenvalue weighted by Gasteiger charge is 2.36. The Hall–Kier alpha value is -1.98. The molecule has 0 aromatic heterocycles. The lowest BCUT2D eigenvalue weighted by atomic mass is 10.1. The first-order chi connectivity index (χ1) is 12.4. The van der Waals surface area contributed by atoms with E-state index in [1.54, 1.807) is 38.1 Å². The molecule has 1 N–H and O–H groups in total. The predicted molar refractivity (Wildman–Crippen MR) is 97.4 cm³/mol. The number of benzene rings is 2. The second-order valence-corrected chi connectivity index (χ2v) is 7.70. The second kappa shape index (κ2) is 9.64. The van der Waals surface area contributed by atoms with E-state index >= 15 is 0 Å². The SMILES string of the molecule is CC(C)C(OP(=O)(OCc1ccccc1)OCc1ccccc1)C(=O)O. The number of carbonyl (C=O) groups is 1. The van der Waals surface area contributed by atoms with Crippen LogP contribution in [0.1, 0.15) is 25.0 Å². The Morgan fingerprint density at radius 3 is 1.69 bits per heavy atom. The van der Waals surface area contributed by atoms with Gasteiger partial charge in [0.15, 0.2) is 6.10 Å². The van der Waals surface area contributed by atoms with Crippen LogP contribution in [-0.2, 0) is 36.1 Å². The monoisotopic (exact) mass is 378 g/mol. The summed E-state index contributed by atoms with van der Waals surface area (Å²) in [4.78, 5) is 11.4. The minimum absolute atomic E-state index is 0.0165. The van der Waals surface area contributed by atoms with E-state index < -0.39 is 25.8 Å². The van der Waals surface area contributed by atoms with E-state index in [4.69, 9.17) is 13.6 Å². The number of carboxylic acid groups (broad SMARTS) is 1. The highest BCUT2D eigenvalue weighted by molar-refractivity contribution is 7.48. The molecule has 0 fully saturated rings. The molecule has 0 radical (unpaired) electrons. The van der Waals surface area contributed by atoms with Crippen molar-refractivity contribution >= 4 is 13.8 Å². The van der Waals surface area contributed by atoms with Crippen LogP contribution in [0.3, 0.4) is 0 Å². The molecule has 140 valence electrons. The highest BCUT2D eigenvalue weighted by Crippen LogP contribution is 2.52. The quantitative estimate of drug-likeness (QED) is 0.606. The molecule has 0 heterocycles. The number of carboxylic acids is 1. The van der Waals surface area contributed by atoms with Crippen molar-refractivity contribution in [2.24, 2.45) is 5.92 Å². The Kier molecular flexibility index (Phi) is 7.54. The van der Waals surface area contributed by atoms with Crippen LogP contribution in [0.2, 0.25) is 0 Å². The van der Waals surface area contributed by atoms with Gasteiger partial charge in [0.1, 0.15) is 0 Å². The fourth-order valence-electron chi connectivity index (χ4n) is 2.14. The van der Waals surface area contributed by atoms with E-state index in [1.807, 2.05) is 36.4 Å². The van der Waals surface area contributed by atoms with Gasteiger partial charge in [0.25, 0.3) is 0 Å². The molecule has 0 amide bonds. The number of aliphatic carboxylic acids is 1. The summed E-state index contributed by atoms with van der Waals surface area (Å²) in [6, 6.07) is 18.2. The molecule has 0 aliphatic rings. The lowest BCUT2D eigenvalue weighted by Gasteiger charge is -2.23. The topological polar surface area (TPSA) is 82.1 Å². The third kappa shape index (κ3) is 6.39. The molecule has 1 atom stereocenters. The molecule has 0 saturated carbocycles. The molecule has 0 saturated heterocycles. The van der Waals surface area contributed by atoms with Gasteiger partial charge in [-0.2, -0.15) is 0 Å². The maximum atomic E-state index is 13.0. The highest BCUT2D eigenvalue weighted by atomic mass is 31.2. The van der Waals surface area contributed by atoms with Crippen molar-refractivity contribution in [3.63, 3.8) is 0 Å². The number of hydrogen-bond donors (Lipinski definition) is 1. The lowest BCUT2D eigenvalue weighted by molar-refractivity contribution is -0.148. The van der Waals surface area contributed by atoms with Crippen LogP contribution in [0.15, 0.2) is 60.7 Å². The van der Waals surface area contributed by atoms with Crippen LogP contribution in [0.25, 0.3) is 0 Å². The van der Waals surface area contributed by atoms with Crippen molar-refractivity contribution in [2.45, 2.75) is 33.2 Å². The predicted octanol–water partition coefficient (Wildman–Crippen LogP) is 4.65. The van der Waals surface area contributed by atoms with Gasteiger partial charge in [0.2, 0.25) is 0 Å². The van der Waals surface area contributed by atoms with E-state index in [9.17, 15) is 14.5 Å². The van der Waals surface area contributed by atoms with Crippen molar-refractivity contribution in [3.8, 4) is 0 Å². The molecule has 2 rings (SSSR count). The van der Waals surface area contributed by atoms with E-state index in [-0.39, 0.29) is 13.2 Å². The number of phosphoric acid groups is 1. The van der Waals surface area contributed by atoms with Gasteiger partial charge in [0.05, 0.1) is 13.2 Å². The van der Waals surface area contributed by atoms with Gasteiger partial charge in [-0.15, -0.1) is 0 Å². The summed E-state index contributed by atoms with van der Waals surface area (Å²) < 4.78 is 29.2. The normalized spacial score (nSPS) is 12.9. The first kappa shape index (κ1) is 20.3. The zero-order valence-corrected chi connectivity index (χ0v) is 15.7. The Bertz CT molecular complexity index is 685. The van der Waals surface area contributed by atoms with Crippen molar-refractivity contribution in [3.05, 3.63) is 71.8 Å². The van der Waals surface area contributed by atoms with E-state index in [0.29, 0.717) is 0 Å². The van der Waals surface area contributed by atoms with Crippen LogP contribution in [0.4, 0.5) is 0 Å². The van der Waals surface area contributed by atoms with Crippen molar-refractivity contribution in [1.29, 1.82) is 0 Å². The average Bonchev–Trinajstić information content (AvgIpc) is 2.64.